The fourth-order valence-corrected chi connectivity index (χ4v) is 4.09. The van der Waals surface area contributed by atoms with Crippen LogP contribution < -0.4 is 0 Å². The van der Waals surface area contributed by atoms with Crippen LogP contribution in [0.4, 0.5) is 4.39 Å². The van der Waals surface area contributed by atoms with Gasteiger partial charge in [-0.1, -0.05) is 12.1 Å². The predicted octanol–water partition coefficient (Wildman–Crippen LogP) is 2.26. The number of methoxy groups -OCH3 is 1. The first kappa shape index (κ1) is 21.7. The van der Waals surface area contributed by atoms with Gasteiger partial charge in [-0.3, -0.25) is 9.59 Å². The first-order valence-electron chi connectivity index (χ1n) is 10.5. The van der Waals surface area contributed by atoms with Gasteiger partial charge < -0.3 is 19.3 Å². The molecule has 2 saturated heterocycles. The lowest BCUT2D eigenvalue weighted by molar-refractivity contribution is -0.144. The van der Waals surface area contributed by atoms with Gasteiger partial charge in [0.1, 0.15) is 5.82 Å². The van der Waals surface area contributed by atoms with E-state index in [0.29, 0.717) is 58.7 Å². The van der Waals surface area contributed by atoms with Crippen molar-refractivity contribution in [3.05, 3.63) is 35.6 Å². The van der Waals surface area contributed by atoms with Crippen molar-refractivity contribution >= 4 is 11.8 Å². The molecule has 2 heterocycles. The highest BCUT2D eigenvalue weighted by atomic mass is 19.1. The third kappa shape index (κ3) is 6.24. The Bertz CT molecular complexity index is 691. The molecule has 0 aliphatic carbocycles. The molecule has 0 spiro atoms. The van der Waals surface area contributed by atoms with Crippen molar-refractivity contribution in [1.29, 1.82) is 0 Å². The lowest BCUT2D eigenvalue weighted by Gasteiger charge is -2.37. The lowest BCUT2D eigenvalue weighted by atomic mass is 9.94. The Morgan fingerprint density at radius 2 is 2.00 bits per heavy atom. The summed E-state index contributed by atoms with van der Waals surface area (Å²) in [5.41, 5.74) is 0.863. The standard InChI is InChI=1S/C22H31FN2O4/c1-28-13-14-29-20-8-11-24(12-9-20)22(27)18-5-6-21(26)25(16-18)10-7-17-3-2-4-19(23)15-17/h2-4,15,18,20H,5-14,16H2,1H3. The van der Waals surface area contributed by atoms with Gasteiger partial charge in [0, 0.05) is 39.7 Å². The van der Waals surface area contributed by atoms with Crippen LogP contribution in [0, 0.1) is 11.7 Å². The molecule has 0 aromatic heterocycles. The van der Waals surface area contributed by atoms with Crippen LogP contribution in [0.1, 0.15) is 31.2 Å². The van der Waals surface area contributed by atoms with Crippen LogP contribution in [0.15, 0.2) is 24.3 Å². The molecule has 2 amide bonds. The van der Waals surface area contributed by atoms with Gasteiger partial charge in [-0.25, -0.2) is 4.39 Å². The summed E-state index contributed by atoms with van der Waals surface area (Å²) in [6.45, 7) is 3.54. The number of nitrogens with zero attached hydrogens (tertiary/aromatic N) is 2. The second kappa shape index (κ2) is 10.7. The van der Waals surface area contributed by atoms with Gasteiger partial charge in [0.05, 0.1) is 25.2 Å². The van der Waals surface area contributed by atoms with E-state index in [1.54, 1.807) is 18.1 Å². The number of carbonyl (C=O) groups excluding carboxylic acids is 2. The van der Waals surface area contributed by atoms with Crippen LogP contribution in [0.25, 0.3) is 0 Å². The maximum atomic E-state index is 13.4. The number of rotatable bonds is 8. The van der Waals surface area contributed by atoms with Crippen molar-refractivity contribution in [2.45, 2.75) is 38.2 Å². The van der Waals surface area contributed by atoms with Crippen molar-refractivity contribution < 1.29 is 23.5 Å². The smallest absolute Gasteiger partial charge is 0.227 e. The van der Waals surface area contributed by atoms with Gasteiger partial charge in [-0.05, 0) is 43.4 Å². The minimum atomic E-state index is -0.268. The molecule has 6 nitrogen and oxygen atoms in total. The molecule has 0 N–H and O–H groups in total. The van der Waals surface area contributed by atoms with Crippen LogP contribution in [-0.2, 0) is 25.5 Å². The lowest BCUT2D eigenvalue weighted by Crippen LogP contribution is -2.49. The van der Waals surface area contributed by atoms with Crippen LogP contribution in [0.5, 0.6) is 0 Å². The molecular formula is C22H31FN2O4. The van der Waals surface area contributed by atoms with Crippen molar-refractivity contribution in [2.24, 2.45) is 5.92 Å². The highest BCUT2D eigenvalue weighted by Gasteiger charge is 2.34. The third-order valence-electron chi connectivity index (χ3n) is 5.80. The average molecular weight is 406 g/mol. The number of hydrogen-bond donors (Lipinski definition) is 0. The van der Waals surface area contributed by atoms with Crippen LogP contribution in [-0.4, -0.2) is 74.2 Å². The molecule has 1 unspecified atom stereocenters. The molecule has 0 radical (unpaired) electrons. The summed E-state index contributed by atoms with van der Waals surface area (Å²) in [7, 11) is 1.65. The number of amides is 2. The molecule has 7 heteroatoms. The molecule has 2 aliphatic rings. The highest BCUT2D eigenvalue weighted by molar-refractivity contribution is 5.84. The summed E-state index contributed by atoms with van der Waals surface area (Å²) in [4.78, 5) is 28.9. The summed E-state index contributed by atoms with van der Waals surface area (Å²) < 4.78 is 24.1. The Morgan fingerprint density at radius 1 is 1.21 bits per heavy atom. The predicted molar refractivity (Wildman–Crippen MR) is 107 cm³/mol. The Kier molecular flexibility index (Phi) is 8.00. The van der Waals surface area contributed by atoms with E-state index in [0.717, 1.165) is 18.4 Å². The second-order valence-electron chi connectivity index (χ2n) is 7.84. The second-order valence-corrected chi connectivity index (χ2v) is 7.84. The molecule has 1 aromatic rings. The van der Waals surface area contributed by atoms with E-state index in [2.05, 4.69) is 0 Å². The first-order chi connectivity index (χ1) is 14.1. The van der Waals surface area contributed by atoms with Gasteiger partial charge in [-0.2, -0.15) is 0 Å². The van der Waals surface area contributed by atoms with Crippen LogP contribution in [0.3, 0.4) is 0 Å². The molecule has 0 saturated carbocycles. The minimum Gasteiger partial charge on any atom is -0.382 e. The molecule has 1 atom stereocenters. The fourth-order valence-electron chi connectivity index (χ4n) is 4.09. The zero-order valence-corrected chi connectivity index (χ0v) is 17.1. The highest BCUT2D eigenvalue weighted by Crippen LogP contribution is 2.23. The van der Waals surface area contributed by atoms with E-state index in [4.69, 9.17) is 9.47 Å². The third-order valence-corrected chi connectivity index (χ3v) is 5.80. The Balaban J connectivity index is 1.47. The molecule has 29 heavy (non-hydrogen) atoms. The Morgan fingerprint density at radius 3 is 2.72 bits per heavy atom. The fraction of sp³-hybridized carbons (Fsp3) is 0.636. The molecule has 160 valence electrons. The first-order valence-corrected chi connectivity index (χ1v) is 10.5. The van der Waals surface area contributed by atoms with E-state index in [-0.39, 0.29) is 29.7 Å². The number of likely N-dealkylation sites (tertiary alicyclic amines) is 2. The number of halogens is 1. The zero-order chi connectivity index (χ0) is 20.6. The molecule has 2 aliphatic heterocycles. The maximum Gasteiger partial charge on any atom is 0.227 e. The van der Waals surface area contributed by atoms with Gasteiger partial charge in [0.2, 0.25) is 11.8 Å². The Hall–Kier alpha value is -1.99. The quantitative estimate of drug-likeness (QED) is 0.622. The largest absolute Gasteiger partial charge is 0.382 e. The number of ether oxygens (including phenoxy) is 2. The van der Waals surface area contributed by atoms with Crippen molar-refractivity contribution in [3.63, 3.8) is 0 Å². The molecule has 0 bridgehead atoms. The van der Waals surface area contributed by atoms with Crippen molar-refractivity contribution in [3.8, 4) is 0 Å². The number of hydrogen-bond acceptors (Lipinski definition) is 4. The maximum absolute atomic E-state index is 13.4. The average Bonchev–Trinajstić information content (AvgIpc) is 2.73. The van der Waals surface area contributed by atoms with Gasteiger partial charge >= 0.3 is 0 Å². The van der Waals surface area contributed by atoms with Crippen molar-refractivity contribution in [1.82, 2.24) is 9.80 Å². The number of benzene rings is 1. The Labute approximate surface area is 171 Å². The normalized spacial score (nSPS) is 20.9. The SMILES string of the molecule is COCCOC1CCN(C(=O)C2CCC(=O)N(CCc3cccc(F)c3)C2)CC1. The van der Waals surface area contributed by atoms with Gasteiger partial charge in [0.15, 0.2) is 0 Å². The van der Waals surface area contributed by atoms with E-state index >= 15 is 0 Å². The van der Waals surface area contributed by atoms with Crippen LogP contribution >= 0.6 is 0 Å². The van der Waals surface area contributed by atoms with Gasteiger partial charge in [0.25, 0.3) is 0 Å². The van der Waals surface area contributed by atoms with Crippen molar-refractivity contribution in [2.75, 3.05) is 46.5 Å². The van der Waals surface area contributed by atoms with E-state index in [1.165, 1.54) is 12.1 Å². The van der Waals surface area contributed by atoms with E-state index < -0.39 is 0 Å². The topological polar surface area (TPSA) is 59.1 Å². The van der Waals surface area contributed by atoms with Gasteiger partial charge in [-0.15, -0.1) is 0 Å². The van der Waals surface area contributed by atoms with E-state index in [1.807, 2.05) is 11.0 Å². The molecule has 3 rings (SSSR count). The minimum absolute atomic E-state index is 0.0794. The molecular weight excluding hydrogens is 375 g/mol. The summed E-state index contributed by atoms with van der Waals surface area (Å²) in [6, 6.07) is 6.45. The zero-order valence-electron chi connectivity index (χ0n) is 17.1. The summed E-state index contributed by atoms with van der Waals surface area (Å²) in [5.74, 6) is -0.194. The van der Waals surface area contributed by atoms with E-state index in [9.17, 15) is 14.0 Å². The molecule has 1 aromatic carbocycles. The van der Waals surface area contributed by atoms with Crippen LogP contribution in [0.2, 0.25) is 0 Å². The summed E-state index contributed by atoms with van der Waals surface area (Å²) in [5, 5.41) is 0. The summed E-state index contributed by atoms with van der Waals surface area (Å²) in [6.07, 6.45) is 3.46. The number of carbonyl (C=O) groups is 2. The molecule has 2 fully saturated rings. The summed E-state index contributed by atoms with van der Waals surface area (Å²) >= 11 is 0. The number of piperidine rings is 2. The monoisotopic (exact) mass is 406 g/mol.